The Kier molecular flexibility index (Phi) is 6.18. The normalized spacial score (nSPS) is 13.7. The maximum Gasteiger partial charge on any atom is 0.252 e. The third-order valence-corrected chi connectivity index (χ3v) is 4.56. The van der Waals surface area contributed by atoms with Crippen molar-refractivity contribution < 1.29 is 19.1 Å². The van der Waals surface area contributed by atoms with Crippen LogP contribution in [0.3, 0.4) is 0 Å². The summed E-state index contributed by atoms with van der Waals surface area (Å²) >= 11 is 3.36. The number of nitrogens with one attached hydrogen (secondary N) is 1. The second-order valence-corrected chi connectivity index (χ2v) is 6.91. The van der Waals surface area contributed by atoms with Crippen LogP contribution in [0.15, 0.2) is 47.1 Å². The second kappa shape index (κ2) is 8.77. The van der Waals surface area contributed by atoms with Gasteiger partial charge in [0.25, 0.3) is 5.91 Å². The van der Waals surface area contributed by atoms with Crippen LogP contribution in [0.2, 0.25) is 0 Å². The van der Waals surface area contributed by atoms with Crippen molar-refractivity contribution in [1.29, 1.82) is 0 Å². The fourth-order valence-electron chi connectivity index (χ4n) is 2.61. The number of hydrogen-bond donors (Lipinski definition) is 1. The number of nitrogens with zero attached hydrogens (tertiary/aromatic N) is 2. The second-order valence-electron chi connectivity index (χ2n) is 5.99. The van der Waals surface area contributed by atoms with Crippen LogP contribution >= 0.6 is 15.9 Å². The summed E-state index contributed by atoms with van der Waals surface area (Å²) in [5.74, 6) is 0.486. The molecule has 0 radical (unpaired) electrons. The zero-order valence-electron chi connectivity index (χ0n) is 14.5. The molecular weight excluding hydrogens is 414 g/mol. The van der Waals surface area contributed by atoms with Crippen molar-refractivity contribution in [2.75, 3.05) is 13.1 Å². The molecule has 7 nitrogen and oxygen atoms in total. The van der Waals surface area contributed by atoms with Crippen LogP contribution < -0.4 is 10.1 Å². The molecule has 1 fully saturated rings. The van der Waals surface area contributed by atoms with Gasteiger partial charge in [0, 0.05) is 42.7 Å². The number of carbonyl (C=O) groups is 3. The first-order valence-electron chi connectivity index (χ1n) is 8.54. The van der Waals surface area contributed by atoms with Gasteiger partial charge in [0.05, 0.1) is 5.56 Å². The number of likely N-dealkylation sites (tertiary alicyclic amines) is 1. The fraction of sp³-hybridized carbons (Fsp3) is 0.263. The molecule has 2 aromatic rings. The maximum absolute atomic E-state index is 12.1. The number of imide groups is 1. The number of amides is 3. The minimum Gasteiger partial charge on any atom is -0.439 e. The van der Waals surface area contributed by atoms with Gasteiger partial charge in [-0.05, 0) is 36.8 Å². The first-order valence-corrected chi connectivity index (χ1v) is 9.33. The molecule has 0 bridgehead atoms. The molecule has 0 spiro atoms. The third kappa shape index (κ3) is 5.13. The molecule has 1 aromatic carbocycles. The van der Waals surface area contributed by atoms with Gasteiger partial charge in [-0.15, -0.1) is 0 Å². The summed E-state index contributed by atoms with van der Waals surface area (Å²) < 4.78 is 6.56. The van der Waals surface area contributed by atoms with Crippen molar-refractivity contribution in [3.63, 3.8) is 0 Å². The van der Waals surface area contributed by atoms with Crippen LogP contribution in [0.25, 0.3) is 0 Å². The zero-order valence-corrected chi connectivity index (χ0v) is 16.1. The van der Waals surface area contributed by atoms with E-state index in [1.807, 2.05) is 24.3 Å². The molecule has 140 valence electrons. The summed E-state index contributed by atoms with van der Waals surface area (Å²) in [6.45, 7) is 0.698. The maximum atomic E-state index is 12.1. The van der Waals surface area contributed by atoms with Gasteiger partial charge in [-0.1, -0.05) is 15.9 Å². The van der Waals surface area contributed by atoms with Gasteiger partial charge in [0.1, 0.15) is 5.75 Å². The van der Waals surface area contributed by atoms with Crippen LogP contribution in [0, 0.1) is 0 Å². The predicted octanol–water partition coefficient (Wildman–Crippen LogP) is 2.91. The minimum absolute atomic E-state index is 0.142. The molecule has 2 heterocycles. The third-order valence-electron chi connectivity index (χ3n) is 4.03. The lowest BCUT2D eigenvalue weighted by molar-refractivity contribution is -0.138. The number of hydrogen-bond acceptors (Lipinski definition) is 5. The first kappa shape index (κ1) is 19.0. The molecule has 3 rings (SSSR count). The molecule has 1 aliphatic rings. The van der Waals surface area contributed by atoms with Gasteiger partial charge in [-0.3, -0.25) is 19.3 Å². The van der Waals surface area contributed by atoms with Crippen LogP contribution in [-0.2, 0) is 9.59 Å². The van der Waals surface area contributed by atoms with E-state index in [2.05, 4.69) is 26.2 Å². The first-order chi connectivity index (χ1) is 13.0. The molecule has 1 saturated heterocycles. The van der Waals surface area contributed by atoms with E-state index in [4.69, 9.17) is 4.74 Å². The molecule has 1 N–H and O–H groups in total. The smallest absolute Gasteiger partial charge is 0.252 e. The number of rotatable bonds is 7. The summed E-state index contributed by atoms with van der Waals surface area (Å²) in [6, 6.07) is 10.6. The Bertz CT molecular complexity index is 821. The Morgan fingerprint density at radius 3 is 2.44 bits per heavy atom. The summed E-state index contributed by atoms with van der Waals surface area (Å²) in [5, 5.41) is 2.75. The molecule has 3 amide bonds. The van der Waals surface area contributed by atoms with E-state index in [0.717, 1.165) is 4.47 Å². The van der Waals surface area contributed by atoms with E-state index in [9.17, 15) is 14.4 Å². The van der Waals surface area contributed by atoms with Crippen LogP contribution in [0.1, 0.15) is 29.6 Å². The number of benzene rings is 1. The summed E-state index contributed by atoms with van der Waals surface area (Å²) in [4.78, 5) is 40.5. The molecule has 1 aliphatic heterocycles. The molecule has 27 heavy (non-hydrogen) atoms. The molecule has 1 aromatic heterocycles. The summed E-state index contributed by atoms with van der Waals surface area (Å²) in [7, 11) is 0. The van der Waals surface area contributed by atoms with Gasteiger partial charge in [-0.2, -0.15) is 0 Å². The van der Waals surface area contributed by atoms with Crippen LogP contribution in [-0.4, -0.2) is 40.7 Å². The van der Waals surface area contributed by atoms with Gasteiger partial charge in [-0.25, -0.2) is 4.98 Å². The fourth-order valence-corrected chi connectivity index (χ4v) is 2.88. The Morgan fingerprint density at radius 2 is 1.81 bits per heavy atom. The number of aromatic nitrogens is 1. The summed E-state index contributed by atoms with van der Waals surface area (Å²) in [6.07, 6.45) is 2.52. The molecular formula is C19H18BrN3O4. The molecule has 8 heteroatoms. The minimum atomic E-state index is -0.267. The Balaban J connectivity index is 1.45. The lowest BCUT2D eigenvalue weighted by atomic mass is 10.2. The number of ether oxygens (including phenoxy) is 1. The summed E-state index contributed by atoms with van der Waals surface area (Å²) in [5.41, 5.74) is 0.409. The highest BCUT2D eigenvalue weighted by molar-refractivity contribution is 9.10. The number of carbonyl (C=O) groups excluding carboxylic acids is 3. The van der Waals surface area contributed by atoms with E-state index < -0.39 is 0 Å². The standard InChI is InChI=1S/C19H18BrN3O4/c20-14-3-5-15(6-4-14)27-16-7-2-13(12-22-16)19(26)21-10-1-11-23-17(24)8-9-18(23)25/h2-7,12H,1,8-11H2,(H,21,26). The van der Waals surface area contributed by atoms with Crippen molar-refractivity contribution in [1.82, 2.24) is 15.2 Å². The largest absolute Gasteiger partial charge is 0.439 e. The monoisotopic (exact) mass is 431 g/mol. The predicted molar refractivity (Wildman–Crippen MR) is 101 cm³/mol. The molecule has 0 atom stereocenters. The molecule has 0 unspecified atom stereocenters. The zero-order chi connectivity index (χ0) is 19.2. The van der Waals surface area contributed by atoms with Crippen molar-refractivity contribution in [3.8, 4) is 11.6 Å². The number of pyridine rings is 1. The van der Waals surface area contributed by atoms with E-state index in [-0.39, 0.29) is 30.6 Å². The Labute approximate surface area is 164 Å². The van der Waals surface area contributed by atoms with Crippen LogP contribution in [0.5, 0.6) is 11.6 Å². The Morgan fingerprint density at radius 1 is 1.11 bits per heavy atom. The lowest BCUT2D eigenvalue weighted by Gasteiger charge is -2.13. The lowest BCUT2D eigenvalue weighted by Crippen LogP contribution is -2.33. The van der Waals surface area contributed by atoms with Crippen molar-refractivity contribution >= 4 is 33.7 Å². The topological polar surface area (TPSA) is 88.6 Å². The van der Waals surface area contributed by atoms with E-state index in [1.54, 1.807) is 12.1 Å². The Hall–Kier alpha value is -2.74. The molecule has 0 aliphatic carbocycles. The van der Waals surface area contributed by atoms with Crippen molar-refractivity contribution in [2.45, 2.75) is 19.3 Å². The van der Waals surface area contributed by atoms with E-state index in [1.165, 1.54) is 11.1 Å². The average molecular weight is 432 g/mol. The number of halogens is 1. The molecule has 0 saturated carbocycles. The van der Waals surface area contributed by atoms with E-state index in [0.29, 0.717) is 36.7 Å². The van der Waals surface area contributed by atoms with Gasteiger partial charge < -0.3 is 10.1 Å². The van der Waals surface area contributed by atoms with Crippen LogP contribution in [0.4, 0.5) is 0 Å². The highest BCUT2D eigenvalue weighted by Gasteiger charge is 2.27. The average Bonchev–Trinajstić information content (AvgIpc) is 2.99. The van der Waals surface area contributed by atoms with Gasteiger partial charge in [0.15, 0.2) is 0 Å². The highest BCUT2D eigenvalue weighted by atomic mass is 79.9. The van der Waals surface area contributed by atoms with Crippen molar-refractivity contribution in [2.24, 2.45) is 0 Å². The van der Waals surface area contributed by atoms with Crippen molar-refractivity contribution in [3.05, 3.63) is 52.6 Å². The van der Waals surface area contributed by atoms with E-state index >= 15 is 0 Å². The van der Waals surface area contributed by atoms with Gasteiger partial charge >= 0.3 is 0 Å². The van der Waals surface area contributed by atoms with Gasteiger partial charge in [0.2, 0.25) is 17.7 Å². The quantitative estimate of drug-likeness (QED) is 0.537. The highest BCUT2D eigenvalue weighted by Crippen LogP contribution is 2.21. The SMILES string of the molecule is O=C(NCCCN1C(=O)CCC1=O)c1ccc(Oc2ccc(Br)cc2)nc1.